The third-order valence-electron chi connectivity index (χ3n) is 11.5. The molecular formula is C40H41BN2. The molecule has 3 aliphatic heterocycles. The number of nitrogens with zero attached hydrogens (tertiary/aromatic N) is 2. The quantitative estimate of drug-likeness (QED) is 0.234. The van der Waals surface area contributed by atoms with E-state index in [4.69, 9.17) is 6.58 Å². The first-order chi connectivity index (χ1) is 20.9. The van der Waals surface area contributed by atoms with Gasteiger partial charge in [0.1, 0.15) is 0 Å². The maximum atomic E-state index is 4.74. The van der Waals surface area contributed by atoms with Crippen molar-refractivity contribution in [2.75, 3.05) is 16.8 Å². The van der Waals surface area contributed by atoms with E-state index in [0.717, 1.165) is 18.4 Å². The van der Waals surface area contributed by atoms with Gasteiger partial charge in [0, 0.05) is 46.3 Å². The summed E-state index contributed by atoms with van der Waals surface area (Å²) in [6.45, 7) is 12.1. The van der Waals surface area contributed by atoms with Crippen LogP contribution in [0.5, 0.6) is 0 Å². The average molecular weight is 561 g/mol. The van der Waals surface area contributed by atoms with Crippen LogP contribution in [-0.2, 0) is 5.41 Å². The molecule has 2 atom stereocenters. The van der Waals surface area contributed by atoms with Gasteiger partial charge in [-0.1, -0.05) is 105 Å². The molecular weight excluding hydrogens is 519 g/mol. The molecule has 214 valence electrons. The highest BCUT2D eigenvalue weighted by molar-refractivity contribution is 7.00. The molecule has 43 heavy (non-hydrogen) atoms. The van der Waals surface area contributed by atoms with Crippen LogP contribution >= 0.6 is 0 Å². The molecule has 3 heteroatoms. The van der Waals surface area contributed by atoms with Crippen molar-refractivity contribution in [2.24, 2.45) is 0 Å². The van der Waals surface area contributed by atoms with E-state index >= 15 is 0 Å². The summed E-state index contributed by atoms with van der Waals surface area (Å²) in [4.78, 5) is 5.32. The van der Waals surface area contributed by atoms with Gasteiger partial charge in [-0.2, -0.15) is 0 Å². The Morgan fingerprint density at radius 3 is 2.58 bits per heavy atom. The summed E-state index contributed by atoms with van der Waals surface area (Å²) in [5.74, 6) is 0. The summed E-state index contributed by atoms with van der Waals surface area (Å²) in [5, 5.41) is 0. The Balaban J connectivity index is 1.54. The van der Waals surface area contributed by atoms with Gasteiger partial charge in [-0.3, -0.25) is 0 Å². The maximum absolute atomic E-state index is 4.74. The van der Waals surface area contributed by atoms with Crippen molar-refractivity contribution < 1.29 is 0 Å². The van der Waals surface area contributed by atoms with E-state index in [1.165, 1.54) is 81.5 Å². The van der Waals surface area contributed by atoms with Crippen molar-refractivity contribution in [3.05, 3.63) is 114 Å². The average Bonchev–Trinajstić information content (AvgIpc) is 3.25. The van der Waals surface area contributed by atoms with Crippen LogP contribution in [0.3, 0.4) is 0 Å². The van der Waals surface area contributed by atoms with E-state index in [1.54, 1.807) is 5.56 Å². The highest BCUT2D eigenvalue weighted by Crippen LogP contribution is 2.62. The Hall–Kier alpha value is -3.98. The van der Waals surface area contributed by atoms with Crippen molar-refractivity contribution >= 4 is 57.0 Å². The summed E-state index contributed by atoms with van der Waals surface area (Å²) in [5.41, 5.74) is 16.7. The van der Waals surface area contributed by atoms with E-state index in [9.17, 15) is 0 Å². The van der Waals surface area contributed by atoms with E-state index in [0.29, 0.717) is 0 Å². The first kappa shape index (κ1) is 26.6. The number of anilines is 4. The third-order valence-corrected chi connectivity index (χ3v) is 11.5. The van der Waals surface area contributed by atoms with Gasteiger partial charge in [0.2, 0.25) is 0 Å². The number of para-hydroxylation sites is 2. The van der Waals surface area contributed by atoms with Crippen LogP contribution in [0, 0.1) is 0 Å². The maximum Gasteiger partial charge on any atom is 0.252 e. The van der Waals surface area contributed by atoms with Gasteiger partial charge in [0.15, 0.2) is 0 Å². The van der Waals surface area contributed by atoms with E-state index in [1.807, 2.05) is 0 Å². The monoisotopic (exact) mass is 560 g/mol. The molecule has 3 heterocycles. The van der Waals surface area contributed by atoms with Crippen LogP contribution in [-0.4, -0.2) is 19.3 Å². The summed E-state index contributed by atoms with van der Waals surface area (Å²) in [6.07, 6.45) is 22.6. The highest BCUT2D eigenvalue weighted by atomic mass is 15.3. The van der Waals surface area contributed by atoms with E-state index in [2.05, 4.69) is 129 Å². The molecule has 0 amide bonds. The Bertz CT molecular complexity index is 1820. The molecule has 3 aromatic carbocycles. The summed E-state index contributed by atoms with van der Waals surface area (Å²) in [7, 11) is 2.29. The summed E-state index contributed by atoms with van der Waals surface area (Å²) in [6, 6.07) is 18.9. The topological polar surface area (TPSA) is 6.48 Å². The molecule has 2 nitrogen and oxygen atoms in total. The smallest absolute Gasteiger partial charge is 0.252 e. The van der Waals surface area contributed by atoms with Crippen LogP contribution in [0.4, 0.5) is 22.7 Å². The minimum Gasteiger partial charge on any atom is -0.345 e. The lowest BCUT2D eigenvalue weighted by Crippen LogP contribution is -2.65. The molecule has 3 aromatic rings. The number of benzene rings is 3. The minimum absolute atomic E-state index is 0.00557. The summed E-state index contributed by atoms with van der Waals surface area (Å²) < 4.78 is 0. The zero-order chi connectivity index (χ0) is 29.5. The predicted octanol–water partition coefficient (Wildman–Crippen LogP) is 8.22. The van der Waals surface area contributed by atoms with Crippen molar-refractivity contribution in [3.8, 4) is 0 Å². The van der Waals surface area contributed by atoms with Crippen molar-refractivity contribution in [1.82, 2.24) is 0 Å². The second kappa shape index (κ2) is 9.51. The largest absolute Gasteiger partial charge is 0.345 e. The molecule has 2 aliphatic carbocycles. The van der Waals surface area contributed by atoms with Gasteiger partial charge in [-0.15, -0.1) is 0 Å². The van der Waals surface area contributed by atoms with Gasteiger partial charge < -0.3 is 9.80 Å². The standard InChI is InChI=1S/C40H41BN2/c1-6-7-9-17-27(2)29-26-30(28-18-10-8-11-19-28)36-35-37(29)43-38-31(39(3)24-14-15-25-40(39,43)4)20-16-22-33(38)41(35)32-21-12-13-23-34(32)42(36)5/h6-10,12-13,16-18,20-23,26H,2,11,14-15,19,24-25H2,1,3-5H3/b7-6-,17-9-. The number of hydrogen-bond donors (Lipinski definition) is 0. The van der Waals surface area contributed by atoms with Crippen LogP contribution in [0.2, 0.25) is 0 Å². The lowest BCUT2D eigenvalue weighted by atomic mass is 9.33. The number of allylic oxidation sites excluding steroid dienone is 9. The predicted molar refractivity (Wildman–Crippen MR) is 188 cm³/mol. The normalized spacial score (nSPS) is 24.7. The Labute approximate surface area is 257 Å². The third kappa shape index (κ3) is 3.43. The fourth-order valence-electron chi connectivity index (χ4n) is 9.26. The van der Waals surface area contributed by atoms with Gasteiger partial charge >= 0.3 is 0 Å². The summed E-state index contributed by atoms with van der Waals surface area (Å²) >= 11 is 0. The zero-order valence-corrected chi connectivity index (χ0v) is 26.1. The lowest BCUT2D eigenvalue weighted by Gasteiger charge is -2.53. The molecule has 0 saturated heterocycles. The van der Waals surface area contributed by atoms with Crippen LogP contribution in [0.1, 0.15) is 76.0 Å². The zero-order valence-electron chi connectivity index (χ0n) is 26.1. The number of hydrogen-bond acceptors (Lipinski definition) is 2. The van der Waals surface area contributed by atoms with Crippen LogP contribution in [0.15, 0.2) is 97.6 Å². The first-order valence-corrected chi connectivity index (χ1v) is 16.2. The van der Waals surface area contributed by atoms with E-state index < -0.39 is 0 Å². The Morgan fingerprint density at radius 1 is 0.953 bits per heavy atom. The van der Waals surface area contributed by atoms with Crippen molar-refractivity contribution in [3.63, 3.8) is 0 Å². The molecule has 8 rings (SSSR count). The SMILES string of the molecule is C=C(/C=C\C=C/C)c1cc(C2=CC=CCC2)c2c3c1N1c4c(cccc4C4(C)CCCCC14C)B3c1ccccc1N2C. The molecule has 1 saturated carbocycles. The minimum atomic E-state index is -0.00557. The van der Waals surface area contributed by atoms with Crippen molar-refractivity contribution in [2.45, 2.75) is 70.3 Å². The number of rotatable bonds is 4. The molecule has 0 aromatic heterocycles. The van der Waals surface area contributed by atoms with Gasteiger partial charge in [0.05, 0.1) is 5.54 Å². The highest BCUT2D eigenvalue weighted by Gasteiger charge is 2.61. The molecule has 1 fully saturated rings. The van der Waals surface area contributed by atoms with Crippen LogP contribution < -0.4 is 26.2 Å². The molecule has 0 spiro atoms. The lowest BCUT2D eigenvalue weighted by molar-refractivity contribution is 0.195. The van der Waals surface area contributed by atoms with E-state index in [-0.39, 0.29) is 17.7 Å². The van der Waals surface area contributed by atoms with Gasteiger partial charge in [-0.25, -0.2) is 0 Å². The second-order valence-electron chi connectivity index (χ2n) is 13.6. The Morgan fingerprint density at radius 2 is 1.77 bits per heavy atom. The fraction of sp³-hybridized carbons (Fsp3) is 0.300. The molecule has 0 N–H and O–H groups in total. The Kier molecular flexibility index (Phi) is 5.89. The second-order valence-corrected chi connectivity index (χ2v) is 13.6. The van der Waals surface area contributed by atoms with Crippen molar-refractivity contribution in [1.29, 1.82) is 0 Å². The van der Waals surface area contributed by atoms with Gasteiger partial charge in [0.25, 0.3) is 6.71 Å². The molecule has 0 radical (unpaired) electrons. The fourth-order valence-corrected chi connectivity index (χ4v) is 9.26. The van der Waals surface area contributed by atoms with Crippen LogP contribution in [0.25, 0.3) is 11.1 Å². The first-order valence-electron chi connectivity index (χ1n) is 16.2. The molecule has 0 bridgehead atoms. The number of fused-ring (bicyclic) bond motifs is 7. The van der Waals surface area contributed by atoms with Gasteiger partial charge in [-0.05, 0) is 84.8 Å². The molecule has 2 unspecified atom stereocenters. The molecule has 5 aliphatic rings.